The molecule has 0 unspecified atom stereocenters. The fourth-order valence-electron chi connectivity index (χ4n) is 2.44. The van der Waals surface area contributed by atoms with E-state index < -0.39 is 0 Å². The molecule has 0 atom stereocenters. The molecule has 6 heteroatoms. The van der Waals surface area contributed by atoms with Crippen LogP contribution in [0.4, 0.5) is 0 Å². The molecule has 1 aliphatic rings. The maximum atomic E-state index is 12.1. The van der Waals surface area contributed by atoms with E-state index in [4.69, 9.17) is 4.74 Å². The summed E-state index contributed by atoms with van der Waals surface area (Å²) in [5.74, 6) is 1.10. The Balaban J connectivity index is 1.66. The minimum atomic E-state index is -0.175. The maximum absolute atomic E-state index is 12.1. The molecule has 1 aliphatic heterocycles. The standard InChI is InChI=1S/C21H21N3O2S/c1-14(2)17-8-4-16(5-9-17)13-22-24-21-23-20(25)19(27-21)12-15-6-10-18(26-3)11-7-15/h4-14H,1-3H3,(H,23,24,25)/b19-12+,22-13+. The van der Waals surface area contributed by atoms with Crippen LogP contribution < -0.4 is 10.1 Å². The third-order valence-corrected chi connectivity index (χ3v) is 4.92. The molecular formula is C21H21N3O2S. The molecule has 1 fully saturated rings. The van der Waals surface area contributed by atoms with Crippen LogP contribution in [0, 0.1) is 0 Å². The molecule has 1 amide bonds. The molecule has 138 valence electrons. The number of nitrogens with zero attached hydrogens (tertiary/aromatic N) is 2. The summed E-state index contributed by atoms with van der Waals surface area (Å²) in [6, 6.07) is 15.7. The molecule has 1 heterocycles. The fraction of sp³-hybridized carbons (Fsp3) is 0.190. The van der Waals surface area contributed by atoms with Crippen molar-refractivity contribution in [3.63, 3.8) is 0 Å². The first-order chi connectivity index (χ1) is 13.0. The summed E-state index contributed by atoms with van der Waals surface area (Å²) >= 11 is 1.27. The van der Waals surface area contributed by atoms with E-state index in [2.05, 4.69) is 41.5 Å². The molecule has 1 saturated heterocycles. The quantitative estimate of drug-likeness (QED) is 0.475. The van der Waals surface area contributed by atoms with Gasteiger partial charge in [-0.2, -0.15) is 5.10 Å². The highest BCUT2D eigenvalue weighted by molar-refractivity contribution is 8.18. The smallest absolute Gasteiger partial charge is 0.264 e. The van der Waals surface area contributed by atoms with E-state index in [-0.39, 0.29) is 5.91 Å². The molecule has 3 rings (SSSR count). The summed E-state index contributed by atoms with van der Waals surface area (Å²) in [4.78, 5) is 12.7. The number of carbonyl (C=O) groups excluding carboxylic acids is 1. The molecule has 0 bridgehead atoms. The lowest BCUT2D eigenvalue weighted by atomic mass is 10.0. The molecule has 27 heavy (non-hydrogen) atoms. The van der Waals surface area contributed by atoms with Crippen molar-refractivity contribution in [3.8, 4) is 5.75 Å². The highest BCUT2D eigenvalue weighted by atomic mass is 32.2. The summed E-state index contributed by atoms with van der Waals surface area (Å²) in [6.07, 6.45) is 3.49. The minimum absolute atomic E-state index is 0.175. The van der Waals surface area contributed by atoms with E-state index in [9.17, 15) is 4.79 Å². The van der Waals surface area contributed by atoms with Gasteiger partial charge in [0, 0.05) is 0 Å². The van der Waals surface area contributed by atoms with E-state index in [1.807, 2.05) is 42.5 Å². The van der Waals surface area contributed by atoms with Crippen LogP contribution in [0.5, 0.6) is 5.75 Å². The summed E-state index contributed by atoms with van der Waals surface area (Å²) in [7, 11) is 1.62. The number of carbonyl (C=O) groups is 1. The summed E-state index contributed by atoms with van der Waals surface area (Å²) in [5.41, 5.74) is 3.17. The maximum Gasteiger partial charge on any atom is 0.264 e. The molecule has 0 saturated carbocycles. The molecule has 0 aromatic heterocycles. The number of amides is 1. The summed E-state index contributed by atoms with van der Waals surface area (Å²) < 4.78 is 5.14. The van der Waals surface area contributed by atoms with E-state index in [1.165, 1.54) is 17.3 Å². The lowest BCUT2D eigenvalue weighted by Crippen LogP contribution is -2.19. The van der Waals surface area contributed by atoms with Gasteiger partial charge in [0.2, 0.25) is 0 Å². The third kappa shape index (κ3) is 5.08. The van der Waals surface area contributed by atoms with Crippen LogP contribution in [0.2, 0.25) is 0 Å². The molecular weight excluding hydrogens is 358 g/mol. The molecule has 1 N–H and O–H groups in total. The Hall–Kier alpha value is -2.86. The number of methoxy groups -OCH3 is 1. The van der Waals surface area contributed by atoms with Crippen molar-refractivity contribution in [1.82, 2.24) is 5.32 Å². The first-order valence-corrected chi connectivity index (χ1v) is 9.43. The van der Waals surface area contributed by atoms with E-state index >= 15 is 0 Å². The molecule has 0 spiro atoms. The van der Waals surface area contributed by atoms with Gasteiger partial charge >= 0.3 is 0 Å². The van der Waals surface area contributed by atoms with Crippen LogP contribution in [0.1, 0.15) is 36.5 Å². The zero-order valence-electron chi connectivity index (χ0n) is 15.5. The molecule has 2 aromatic rings. The van der Waals surface area contributed by atoms with Crippen LogP contribution in [-0.2, 0) is 4.79 Å². The average Bonchev–Trinajstić information content (AvgIpc) is 3.02. The van der Waals surface area contributed by atoms with Gasteiger partial charge in [-0.3, -0.25) is 10.1 Å². The Labute approximate surface area is 163 Å². The number of benzene rings is 2. The highest BCUT2D eigenvalue weighted by Gasteiger charge is 2.23. The van der Waals surface area contributed by atoms with Crippen molar-refractivity contribution in [2.24, 2.45) is 10.2 Å². The van der Waals surface area contributed by atoms with Crippen molar-refractivity contribution in [3.05, 3.63) is 70.1 Å². The van der Waals surface area contributed by atoms with Gasteiger partial charge < -0.3 is 4.74 Å². The number of amidine groups is 1. The molecule has 0 aliphatic carbocycles. The van der Waals surface area contributed by atoms with Crippen LogP contribution in [-0.4, -0.2) is 24.4 Å². The number of rotatable bonds is 5. The van der Waals surface area contributed by atoms with Crippen molar-refractivity contribution < 1.29 is 9.53 Å². The number of hydrogen-bond acceptors (Lipinski definition) is 5. The lowest BCUT2D eigenvalue weighted by Gasteiger charge is -2.03. The van der Waals surface area contributed by atoms with Crippen molar-refractivity contribution >= 4 is 35.1 Å². The second-order valence-corrected chi connectivity index (χ2v) is 7.34. The number of nitrogens with one attached hydrogen (secondary N) is 1. The van der Waals surface area contributed by atoms with Gasteiger partial charge in [-0.15, -0.1) is 5.10 Å². The summed E-state index contributed by atoms with van der Waals surface area (Å²) in [6.45, 7) is 4.32. The summed E-state index contributed by atoms with van der Waals surface area (Å²) in [5, 5.41) is 11.4. The Bertz CT molecular complexity index is 898. The third-order valence-electron chi connectivity index (χ3n) is 4.02. The monoisotopic (exact) mass is 379 g/mol. The van der Waals surface area contributed by atoms with Crippen LogP contribution in [0.15, 0.2) is 63.6 Å². The van der Waals surface area contributed by atoms with E-state index in [1.54, 1.807) is 13.3 Å². The predicted octanol–water partition coefficient (Wildman–Crippen LogP) is 4.41. The van der Waals surface area contributed by atoms with Gasteiger partial charge in [-0.25, -0.2) is 0 Å². The van der Waals surface area contributed by atoms with Crippen molar-refractivity contribution in [1.29, 1.82) is 0 Å². The predicted molar refractivity (Wildman–Crippen MR) is 112 cm³/mol. The van der Waals surface area contributed by atoms with E-state index in [0.29, 0.717) is 16.0 Å². The Kier molecular flexibility index (Phi) is 6.08. The van der Waals surface area contributed by atoms with Crippen LogP contribution in [0.25, 0.3) is 6.08 Å². The number of ether oxygens (including phenoxy) is 1. The highest BCUT2D eigenvalue weighted by Crippen LogP contribution is 2.26. The average molecular weight is 379 g/mol. The van der Waals surface area contributed by atoms with Gasteiger partial charge in [0.25, 0.3) is 5.91 Å². The first kappa shape index (κ1) is 18.9. The largest absolute Gasteiger partial charge is 0.497 e. The second kappa shape index (κ2) is 8.68. The zero-order valence-corrected chi connectivity index (χ0v) is 16.3. The SMILES string of the molecule is COc1ccc(/C=C2/S/C(=N/N=C/c3ccc(C(C)C)cc3)NC2=O)cc1. The van der Waals surface area contributed by atoms with Crippen molar-refractivity contribution in [2.45, 2.75) is 19.8 Å². The Morgan fingerprint density at radius 1 is 1.04 bits per heavy atom. The van der Waals surface area contributed by atoms with Crippen molar-refractivity contribution in [2.75, 3.05) is 7.11 Å². The van der Waals surface area contributed by atoms with Gasteiger partial charge in [-0.1, -0.05) is 50.2 Å². The van der Waals surface area contributed by atoms with Crippen LogP contribution in [0.3, 0.4) is 0 Å². The fourth-order valence-corrected chi connectivity index (χ4v) is 3.22. The van der Waals surface area contributed by atoms with Gasteiger partial charge in [0.1, 0.15) is 5.75 Å². The second-order valence-electron chi connectivity index (χ2n) is 6.31. The number of thioether (sulfide) groups is 1. The first-order valence-electron chi connectivity index (χ1n) is 8.61. The van der Waals surface area contributed by atoms with E-state index in [0.717, 1.165) is 16.9 Å². The molecule has 2 aromatic carbocycles. The Morgan fingerprint density at radius 3 is 2.33 bits per heavy atom. The Morgan fingerprint density at radius 2 is 1.70 bits per heavy atom. The minimum Gasteiger partial charge on any atom is -0.497 e. The van der Waals surface area contributed by atoms with Gasteiger partial charge in [0.15, 0.2) is 5.17 Å². The normalized spacial score (nSPS) is 17.3. The topological polar surface area (TPSA) is 63.1 Å². The van der Waals surface area contributed by atoms with Gasteiger partial charge in [-0.05, 0) is 52.6 Å². The number of hydrogen-bond donors (Lipinski definition) is 1. The van der Waals surface area contributed by atoms with Gasteiger partial charge in [0.05, 0.1) is 18.2 Å². The molecule has 5 nitrogen and oxygen atoms in total. The lowest BCUT2D eigenvalue weighted by molar-refractivity contribution is -0.115. The van der Waals surface area contributed by atoms with Crippen LogP contribution >= 0.6 is 11.8 Å². The molecule has 0 radical (unpaired) electrons. The zero-order chi connectivity index (χ0) is 19.2.